The van der Waals surface area contributed by atoms with Gasteiger partial charge in [0, 0.05) is 19.2 Å². The molecule has 0 aromatic heterocycles. The average molecular weight is 330 g/mol. The normalized spacial score (nSPS) is 15.6. The Bertz CT molecular complexity index is 695. The minimum absolute atomic E-state index is 0.205. The number of carbonyl (C=O) groups is 1. The molecule has 1 aromatic carbocycles. The molecule has 1 heterocycles. The lowest BCUT2D eigenvalue weighted by atomic mass is 10.3. The highest BCUT2D eigenvalue weighted by Gasteiger charge is 2.29. The van der Waals surface area contributed by atoms with E-state index in [0.29, 0.717) is 13.1 Å². The number of ether oxygens (including phenoxy) is 1. The maximum atomic E-state index is 12.4. The third kappa shape index (κ3) is 3.34. The van der Waals surface area contributed by atoms with Crippen LogP contribution in [-0.2, 0) is 14.8 Å². The fraction of sp³-hybridized carbons (Fsp3) is 0.417. The van der Waals surface area contributed by atoms with Crippen LogP contribution in [0.15, 0.2) is 23.1 Å². The van der Waals surface area contributed by atoms with Crippen LogP contribution >= 0.6 is 0 Å². The van der Waals surface area contributed by atoms with Gasteiger partial charge in [-0.1, -0.05) is 0 Å². The van der Waals surface area contributed by atoms with Gasteiger partial charge in [0.1, 0.15) is 0 Å². The molecule has 1 aliphatic rings. The first-order chi connectivity index (χ1) is 10.3. The number of hydrogen-bond donors (Lipinski definition) is 1. The van der Waals surface area contributed by atoms with Crippen LogP contribution in [-0.4, -0.2) is 48.4 Å². The molecule has 120 valence electrons. The van der Waals surface area contributed by atoms with E-state index >= 15 is 0 Å². The van der Waals surface area contributed by atoms with Gasteiger partial charge >= 0.3 is 11.7 Å². The van der Waals surface area contributed by atoms with E-state index in [1.165, 1.54) is 10.4 Å². The van der Waals surface area contributed by atoms with E-state index in [1.54, 1.807) is 0 Å². The Morgan fingerprint density at radius 2 is 2.00 bits per heavy atom. The van der Waals surface area contributed by atoms with E-state index in [0.717, 1.165) is 25.0 Å². The Kier molecular flexibility index (Phi) is 4.62. The highest BCUT2D eigenvalue weighted by molar-refractivity contribution is 7.89. The summed E-state index contributed by atoms with van der Waals surface area (Å²) in [6.45, 7) is 0.0137. The van der Waals surface area contributed by atoms with Crippen LogP contribution in [0.1, 0.15) is 12.8 Å². The largest absolute Gasteiger partial charge is 0.479 e. The quantitative estimate of drug-likeness (QED) is 0.604. The van der Waals surface area contributed by atoms with Gasteiger partial charge in [-0.05, 0) is 25.0 Å². The first-order valence-electron chi connectivity index (χ1n) is 6.45. The molecule has 9 nitrogen and oxygen atoms in total. The van der Waals surface area contributed by atoms with Crippen LogP contribution in [0.2, 0.25) is 0 Å². The van der Waals surface area contributed by atoms with Crippen LogP contribution in [0, 0.1) is 10.1 Å². The number of hydrogen-bond acceptors (Lipinski definition) is 6. The zero-order valence-electron chi connectivity index (χ0n) is 11.5. The first kappa shape index (κ1) is 16.2. The number of nitrogens with zero attached hydrogens (tertiary/aromatic N) is 2. The third-order valence-electron chi connectivity index (χ3n) is 3.18. The zero-order chi connectivity index (χ0) is 16.3. The summed E-state index contributed by atoms with van der Waals surface area (Å²) in [5.74, 6) is -1.57. The molecule has 0 atom stereocenters. The summed E-state index contributed by atoms with van der Waals surface area (Å²) in [6.07, 6.45) is 1.50. The molecule has 1 saturated heterocycles. The van der Waals surface area contributed by atoms with E-state index in [1.807, 2.05) is 0 Å². The van der Waals surface area contributed by atoms with Crippen molar-refractivity contribution in [2.75, 3.05) is 19.7 Å². The summed E-state index contributed by atoms with van der Waals surface area (Å²) in [5, 5.41) is 19.6. The minimum atomic E-state index is -3.79. The van der Waals surface area contributed by atoms with E-state index in [4.69, 9.17) is 9.84 Å². The fourth-order valence-corrected chi connectivity index (χ4v) is 3.68. The summed E-state index contributed by atoms with van der Waals surface area (Å²) in [4.78, 5) is 20.5. The van der Waals surface area contributed by atoms with Crippen molar-refractivity contribution in [3.63, 3.8) is 0 Å². The Hall–Kier alpha value is -2.20. The average Bonchev–Trinajstić information content (AvgIpc) is 2.99. The van der Waals surface area contributed by atoms with Crippen LogP contribution < -0.4 is 4.74 Å². The molecule has 0 spiro atoms. The minimum Gasteiger partial charge on any atom is -0.479 e. The lowest BCUT2D eigenvalue weighted by Crippen LogP contribution is -2.27. The van der Waals surface area contributed by atoms with Gasteiger partial charge in [0.05, 0.1) is 9.82 Å². The summed E-state index contributed by atoms with van der Waals surface area (Å²) in [5.41, 5.74) is -0.582. The number of nitro groups is 1. The second kappa shape index (κ2) is 6.28. The molecule has 2 rings (SSSR count). The molecule has 0 radical (unpaired) electrons. The van der Waals surface area contributed by atoms with Crippen molar-refractivity contribution in [1.29, 1.82) is 0 Å². The Morgan fingerprint density at radius 3 is 2.55 bits per heavy atom. The Morgan fingerprint density at radius 1 is 1.36 bits per heavy atom. The van der Waals surface area contributed by atoms with Crippen LogP contribution in [0.4, 0.5) is 5.69 Å². The molecule has 1 N–H and O–H groups in total. The van der Waals surface area contributed by atoms with Gasteiger partial charge in [0.2, 0.25) is 10.0 Å². The van der Waals surface area contributed by atoms with Crippen molar-refractivity contribution in [2.45, 2.75) is 17.7 Å². The molecule has 10 heteroatoms. The molecule has 1 aliphatic heterocycles. The summed E-state index contributed by atoms with van der Waals surface area (Å²) < 4.78 is 30.8. The lowest BCUT2D eigenvalue weighted by Gasteiger charge is -2.15. The van der Waals surface area contributed by atoms with E-state index < -0.39 is 33.2 Å². The molecule has 0 saturated carbocycles. The van der Waals surface area contributed by atoms with Gasteiger partial charge in [-0.25, -0.2) is 13.2 Å². The number of rotatable bonds is 6. The predicted molar refractivity (Wildman–Crippen MR) is 74.2 cm³/mol. The standard InChI is InChI=1S/C12H14N2O7S/c15-12(16)8-21-11-4-3-9(7-10(11)14(17)18)22(19,20)13-5-1-2-6-13/h3-4,7H,1-2,5-6,8H2,(H,15,16). The van der Waals surface area contributed by atoms with E-state index in [2.05, 4.69) is 0 Å². The number of sulfonamides is 1. The molecule has 22 heavy (non-hydrogen) atoms. The van der Waals surface area contributed by atoms with Crippen molar-refractivity contribution >= 4 is 21.7 Å². The van der Waals surface area contributed by atoms with Crippen molar-refractivity contribution in [3.8, 4) is 5.75 Å². The van der Waals surface area contributed by atoms with Gasteiger partial charge in [-0.15, -0.1) is 0 Å². The van der Waals surface area contributed by atoms with Crippen molar-refractivity contribution in [1.82, 2.24) is 4.31 Å². The monoisotopic (exact) mass is 330 g/mol. The number of carboxylic acids is 1. The van der Waals surface area contributed by atoms with Crippen molar-refractivity contribution in [2.24, 2.45) is 0 Å². The summed E-state index contributed by atoms with van der Waals surface area (Å²) in [7, 11) is -3.79. The molecule has 0 amide bonds. The lowest BCUT2D eigenvalue weighted by molar-refractivity contribution is -0.386. The highest BCUT2D eigenvalue weighted by atomic mass is 32.2. The second-order valence-electron chi connectivity index (χ2n) is 4.68. The van der Waals surface area contributed by atoms with E-state index in [9.17, 15) is 23.3 Å². The fourth-order valence-electron chi connectivity index (χ4n) is 2.14. The number of carboxylic acid groups (broad SMARTS) is 1. The van der Waals surface area contributed by atoms with Gasteiger partial charge in [0.15, 0.2) is 12.4 Å². The van der Waals surface area contributed by atoms with Crippen LogP contribution in [0.25, 0.3) is 0 Å². The van der Waals surface area contributed by atoms with Gasteiger partial charge in [-0.3, -0.25) is 10.1 Å². The zero-order valence-corrected chi connectivity index (χ0v) is 12.3. The summed E-state index contributed by atoms with van der Waals surface area (Å²) in [6, 6.07) is 3.17. The third-order valence-corrected chi connectivity index (χ3v) is 5.08. The van der Waals surface area contributed by atoms with Gasteiger partial charge in [-0.2, -0.15) is 4.31 Å². The van der Waals surface area contributed by atoms with Crippen molar-refractivity contribution in [3.05, 3.63) is 28.3 Å². The molecule has 1 fully saturated rings. The maximum Gasteiger partial charge on any atom is 0.341 e. The number of nitro benzene ring substituents is 1. The van der Waals surface area contributed by atoms with Gasteiger partial charge in [0.25, 0.3) is 0 Å². The smallest absolute Gasteiger partial charge is 0.341 e. The van der Waals surface area contributed by atoms with Gasteiger partial charge < -0.3 is 9.84 Å². The van der Waals surface area contributed by atoms with E-state index in [-0.39, 0.29) is 10.6 Å². The maximum absolute atomic E-state index is 12.4. The topological polar surface area (TPSA) is 127 Å². The predicted octanol–water partition coefficient (Wildman–Crippen LogP) is 0.843. The SMILES string of the molecule is O=C(O)COc1ccc(S(=O)(=O)N2CCCC2)cc1[N+](=O)[O-]. The molecule has 0 aliphatic carbocycles. The Balaban J connectivity index is 2.36. The molecule has 0 unspecified atom stereocenters. The number of aliphatic carboxylic acids is 1. The van der Waals surface area contributed by atoms with Crippen LogP contribution in [0.5, 0.6) is 5.75 Å². The molecule has 1 aromatic rings. The first-order valence-corrected chi connectivity index (χ1v) is 7.89. The van der Waals surface area contributed by atoms with Crippen LogP contribution in [0.3, 0.4) is 0 Å². The Labute approximate surface area is 126 Å². The molecular weight excluding hydrogens is 316 g/mol. The molecular formula is C12H14N2O7S. The highest BCUT2D eigenvalue weighted by Crippen LogP contribution is 2.31. The molecule has 0 bridgehead atoms. The summed E-state index contributed by atoms with van der Waals surface area (Å²) >= 11 is 0. The second-order valence-corrected chi connectivity index (χ2v) is 6.62. The van der Waals surface area contributed by atoms with Crippen molar-refractivity contribution < 1.29 is 28.0 Å². The number of benzene rings is 1.